The summed E-state index contributed by atoms with van der Waals surface area (Å²) in [6.45, 7) is 10.4. The van der Waals surface area contributed by atoms with Gasteiger partial charge in [-0.1, -0.05) is 24.9 Å². The molecule has 0 saturated heterocycles. The summed E-state index contributed by atoms with van der Waals surface area (Å²) in [5, 5.41) is 9.50. The Bertz CT molecular complexity index is 593. The quantitative estimate of drug-likeness (QED) is 0.600. The molecule has 0 N–H and O–H groups in total. The van der Waals surface area contributed by atoms with Gasteiger partial charge in [0.1, 0.15) is 17.0 Å². The highest BCUT2D eigenvalue weighted by atomic mass is 35.5. The van der Waals surface area contributed by atoms with Crippen molar-refractivity contribution >= 4 is 23.1 Å². The van der Waals surface area contributed by atoms with E-state index in [0.717, 1.165) is 37.8 Å². The van der Waals surface area contributed by atoms with Gasteiger partial charge in [0.15, 0.2) is 0 Å². The van der Waals surface area contributed by atoms with Crippen molar-refractivity contribution in [1.29, 1.82) is 5.26 Å². The molecule has 0 unspecified atom stereocenters. The Balaban J connectivity index is 2.53. The van der Waals surface area contributed by atoms with Gasteiger partial charge in [-0.15, -0.1) is 0 Å². The van der Waals surface area contributed by atoms with Gasteiger partial charge in [-0.05, 0) is 30.7 Å². The zero-order valence-electron chi connectivity index (χ0n) is 11.8. The first-order valence-electron chi connectivity index (χ1n) is 6.86. The molecule has 4 nitrogen and oxygen atoms in total. The number of halogens is 1. The predicted molar refractivity (Wildman–Crippen MR) is 80.4 cm³/mol. The first kappa shape index (κ1) is 14.6. The standard InChI is InChI=1S/C15H17ClN4/c1-4-5-8-20(3)15-13(18-2)12(10-6-7-10)11(9-17)14(16)19-15/h10H,4-8H2,1,3H3. The molecule has 2 rings (SSSR count). The number of nitriles is 1. The number of unbranched alkanes of at least 4 members (excludes halogenated alkanes) is 1. The normalized spacial score (nSPS) is 13.7. The lowest BCUT2D eigenvalue weighted by molar-refractivity contribution is 0.760. The van der Waals surface area contributed by atoms with E-state index in [1.807, 2.05) is 11.9 Å². The van der Waals surface area contributed by atoms with Crippen LogP contribution >= 0.6 is 11.6 Å². The molecule has 1 aromatic rings. The molecule has 1 aromatic heterocycles. The highest BCUT2D eigenvalue weighted by Crippen LogP contribution is 2.49. The van der Waals surface area contributed by atoms with Crippen LogP contribution in [-0.4, -0.2) is 18.6 Å². The van der Waals surface area contributed by atoms with E-state index in [4.69, 9.17) is 18.2 Å². The Labute approximate surface area is 124 Å². The molecule has 1 heterocycles. The number of hydrogen-bond donors (Lipinski definition) is 0. The summed E-state index contributed by atoms with van der Waals surface area (Å²) < 4.78 is 0. The van der Waals surface area contributed by atoms with Crippen LogP contribution in [0.25, 0.3) is 4.85 Å². The van der Waals surface area contributed by atoms with Crippen LogP contribution in [0.1, 0.15) is 49.7 Å². The molecule has 1 aliphatic carbocycles. The van der Waals surface area contributed by atoms with Crippen LogP contribution in [0.4, 0.5) is 11.5 Å². The van der Waals surface area contributed by atoms with E-state index in [9.17, 15) is 5.26 Å². The summed E-state index contributed by atoms with van der Waals surface area (Å²) in [5.74, 6) is 0.909. The van der Waals surface area contributed by atoms with Crippen LogP contribution in [0, 0.1) is 17.9 Å². The van der Waals surface area contributed by atoms with Crippen LogP contribution in [0.2, 0.25) is 5.15 Å². The number of pyridine rings is 1. The van der Waals surface area contributed by atoms with Crippen LogP contribution in [-0.2, 0) is 0 Å². The van der Waals surface area contributed by atoms with Crippen LogP contribution in [0.3, 0.4) is 0 Å². The molecular formula is C15H17ClN4. The van der Waals surface area contributed by atoms with E-state index in [1.54, 1.807) is 0 Å². The van der Waals surface area contributed by atoms with Gasteiger partial charge < -0.3 is 4.90 Å². The third-order valence-corrected chi connectivity index (χ3v) is 3.84. The van der Waals surface area contributed by atoms with Crippen LogP contribution in [0.15, 0.2) is 0 Å². The third-order valence-electron chi connectivity index (χ3n) is 3.56. The fourth-order valence-corrected chi connectivity index (χ4v) is 2.53. The topological polar surface area (TPSA) is 44.3 Å². The average Bonchev–Trinajstić information content (AvgIpc) is 3.27. The maximum Gasteiger partial charge on any atom is 0.233 e. The molecule has 104 valence electrons. The smallest absolute Gasteiger partial charge is 0.233 e. The summed E-state index contributed by atoms with van der Waals surface area (Å²) in [6.07, 6.45) is 4.16. The highest BCUT2D eigenvalue weighted by molar-refractivity contribution is 6.31. The maximum absolute atomic E-state index is 9.28. The average molecular weight is 289 g/mol. The fraction of sp³-hybridized carbons (Fsp3) is 0.533. The summed E-state index contributed by atoms with van der Waals surface area (Å²) >= 11 is 6.15. The van der Waals surface area contributed by atoms with Gasteiger partial charge >= 0.3 is 0 Å². The van der Waals surface area contributed by atoms with E-state index in [1.165, 1.54) is 0 Å². The van der Waals surface area contributed by atoms with E-state index >= 15 is 0 Å². The fourth-order valence-electron chi connectivity index (χ4n) is 2.31. The minimum Gasteiger partial charge on any atom is -0.368 e. The Kier molecular flexibility index (Phi) is 4.47. The van der Waals surface area contributed by atoms with Crippen molar-refractivity contribution in [3.8, 4) is 6.07 Å². The second-order valence-corrected chi connectivity index (χ2v) is 5.49. The number of aromatic nitrogens is 1. The van der Waals surface area contributed by atoms with Crippen molar-refractivity contribution < 1.29 is 0 Å². The van der Waals surface area contributed by atoms with Gasteiger partial charge in [0.25, 0.3) is 0 Å². The van der Waals surface area contributed by atoms with Crippen LogP contribution in [0.5, 0.6) is 0 Å². The molecule has 1 saturated carbocycles. The molecule has 5 heteroatoms. The van der Waals surface area contributed by atoms with Crippen molar-refractivity contribution in [2.24, 2.45) is 0 Å². The number of hydrogen-bond acceptors (Lipinski definition) is 3. The molecule has 0 bridgehead atoms. The van der Waals surface area contributed by atoms with E-state index in [2.05, 4.69) is 22.8 Å². The van der Waals surface area contributed by atoms with Crippen LogP contribution < -0.4 is 4.90 Å². The van der Waals surface area contributed by atoms with E-state index in [0.29, 0.717) is 23.0 Å². The molecule has 0 aliphatic heterocycles. The Morgan fingerprint density at radius 1 is 1.55 bits per heavy atom. The molecule has 0 spiro atoms. The second-order valence-electron chi connectivity index (χ2n) is 5.14. The van der Waals surface area contributed by atoms with Crippen molar-refractivity contribution in [1.82, 2.24) is 4.98 Å². The first-order chi connectivity index (χ1) is 9.63. The zero-order valence-corrected chi connectivity index (χ0v) is 12.5. The second kappa shape index (κ2) is 6.11. The van der Waals surface area contributed by atoms with Gasteiger partial charge in [-0.25, -0.2) is 9.83 Å². The largest absolute Gasteiger partial charge is 0.368 e. The van der Waals surface area contributed by atoms with Gasteiger partial charge in [-0.2, -0.15) is 5.26 Å². The SMILES string of the molecule is [C-]#[N+]c1c(N(C)CCCC)nc(Cl)c(C#N)c1C1CC1. The Hall–Kier alpha value is -1.78. The lowest BCUT2D eigenvalue weighted by Gasteiger charge is -2.21. The summed E-state index contributed by atoms with van der Waals surface area (Å²) in [6, 6.07) is 2.11. The van der Waals surface area contributed by atoms with Gasteiger partial charge in [-0.3, -0.25) is 0 Å². The molecule has 0 aromatic carbocycles. The van der Waals surface area contributed by atoms with Gasteiger partial charge in [0.2, 0.25) is 5.69 Å². The lowest BCUT2D eigenvalue weighted by Crippen LogP contribution is -2.20. The first-order valence-corrected chi connectivity index (χ1v) is 7.23. The zero-order chi connectivity index (χ0) is 14.7. The summed E-state index contributed by atoms with van der Waals surface area (Å²) in [5.41, 5.74) is 1.70. The van der Waals surface area contributed by atoms with E-state index in [-0.39, 0.29) is 5.15 Å². The van der Waals surface area contributed by atoms with Gasteiger partial charge in [0.05, 0.1) is 12.1 Å². The summed E-state index contributed by atoms with van der Waals surface area (Å²) in [4.78, 5) is 9.91. The molecule has 0 radical (unpaired) electrons. The molecule has 0 atom stereocenters. The number of nitrogens with zero attached hydrogens (tertiary/aromatic N) is 4. The molecule has 1 aliphatic rings. The highest BCUT2D eigenvalue weighted by Gasteiger charge is 2.33. The van der Waals surface area contributed by atoms with Crippen molar-refractivity contribution in [3.05, 3.63) is 27.7 Å². The third kappa shape index (κ3) is 2.71. The monoisotopic (exact) mass is 288 g/mol. The Morgan fingerprint density at radius 2 is 2.25 bits per heavy atom. The number of rotatable bonds is 5. The minimum atomic E-state index is 0.222. The Morgan fingerprint density at radius 3 is 2.75 bits per heavy atom. The van der Waals surface area contributed by atoms with Crippen molar-refractivity contribution in [2.75, 3.05) is 18.5 Å². The van der Waals surface area contributed by atoms with Crippen molar-refractivity contribution in [2.45, 2.75) is 38.5 Å². The molecule has 1 fully saturated rings. The van der Waals surface area contributed by atoms with Crippen molar-refractivity contribution in [3.63, 3.8) is 0 Å². The minimum absolute atomic E-state index is 0.222. The number of anilines is 1. The molecule has 0 amide bonds. The molecular weight excluding hydrogens is 272 g/mol. The lowest BCUT2D eigenvalue weighted by atomic mass is 10.0. The predicted octanol–water partition coefficient (Wildman–Crippen LogP) is 4.27. The molecule has 20 heavy (non-hydrogen) atoms. The van der Waals surface area contributed by atoms with E-state index < -0.39 is 0 Å². The summed E-state index contributed by atoms with van der Waals surface area (Å²) in [7, 11) is 1.92. The van der Waals surface area contributed by atoms with Gasteiger partial charge in [0, 0.05) is 13.6 Å². The maximum atomic E-state index is 9.28.